The van der Waals surface area contributed by atoms with Crippen LogP contribution < -0.4 is 16.4 Å². The van der Waals surface area contributed by atoms with E-state index in [4.69, 9.17) is 5.73 Å². The van der Waals surface area contributed by atoms with Crippen molar-refractivity contribution in [3.05, 3.63) is 18.0 Å². The van der Waals surface area contributed by atoms with Gasteiger partial charge in [-0.3, -0.25) is 14.3 Å². The summed E-state index contributed by atoms with van der Waals surface area (Å²) in [6.07, 6.45) is 7.35. The van der Waals surface area contributed by atoms with Crippen LogP contribution in [0.3, 0.4) is 0 Å². The number of hydrogen-bond donors (Lipinski definition) is 3. The molecule has 0 spiro atoms. The summed E-state index contributed by atoms with van der Waals surface area (Å²) in [5.41, 5.74) is 5.83. The Hall–Kier alpha value is -1.89. The van der Waals surface area contributed by atoms with E-state index in [0.29, 0.717) is 18.2 Å². The van der Waals surface area contributed by atoms with E-state index in [0.717, 1.165) is 45.2 Å². The number of nitrogens with zero attached hydrogens (tertiary/aromatic N) is 2. The van der Waals surface area contributed by atoms with Crippen LogP contribution in [0.15, 0.2) is 12.3 Å². The second-order valence-electron chi connectivity index (χ2n) is 6.62. The number of aromatic nitrogens is 2. The van der Waals surface area contributed by atoms with Crippen molar-refractivity contribution in [3.63, 3.8) is 0 Å². The van der Waals surface area contributed by atoms with Crippen LogP contribution >= 0.6 is 0 Å². The van der Waals surface area contributed by atoms with Crippen molar-refractivity contribution in [1.29, 1.82) is 0 Å². The molecule has 1 saturated heterocycles. The normalized spacial score (nSPS) is 28.3. The van der Waals surface area contributed by atoms with Crippen molar-refractivity contribution in [2.24, 2.45) is 11.7 Å². The van der Waals surface area contributed by atoms with Crippen LogP contribution in [0, 0.1) is 5.92 Å². The molecule has 1 aliphatic carbocycles. The van der Waals surface area contributed by atoms with Crippen molar-refractivity contribution in [2.45, 2.75) is 50.6 Å². The molecule has 3 atom stereocenters. The highest BCUT2D eigenvalue weighted by atomic mass is 16.2. The Morgan fingerprint density at radius 1 is 1.30 bits per heavy atom. The Kier molecular flexibility index (Phi) is 4.95. The van der Waals surface area contributed by atoms with Gasteiger partial charge in [0.15, 0.2) is 0 Å². The average Bonchev–Trinajstić information content (AvgIpc) is 3.06. The van der Waals surface area contributed by atoms with Crippen LogP contribution in [0.25, 0.3) is 0 Å². The van der Waals surface area contributed by atoms with Crippen LogP contribution in [0.1, 0.15) is 55.1 Å². The van der Waals surface area contributed by atoms with Gasteiger partial charge in [-0.05, 0) is 44.7 Å². The highest BCUT2D eigenvalue weighted by Gasteiger charge is 2.27. The molecule has 4 N–H and O–H groups in total. The molecule has 1 aromatic rings. The highest BCUT2D eigenvalue weighted by molar-refractivity contribution is 5.92. The summed E-state index contributed by atoms with van der Waals surface area (Å²) < 4.78 is 1.88. The molecule has 23 heavy (non-hydrogen) atoms. The fourth-order valence-electron chi connectivity index (χ4n) is 3.56. The molecule has 3 rings (SSSR count). The zero-order valence-corrected chi connectivity index (χ0v) is 13.3. The Bertz CT molecular complexity index is 565. The van der Waals surface area contributed by atoms with Crippen molar-refractivity contribution in [1.82, 2.24) is 20.4 Å². The third-order valence-corrected chi connectivity index (χ3v) is 4.90. The number of piperidine rings is 1. The van der Waals surface area contributed by atoms with E-state index in [2.05, 4.69) is 15.7 Å². The lowest BCUT2D eigenvalue weighted by atomic mass is 9.85. The van der Waals surface area contributed by atoms with Gasteiger partial charge >= 0.3 is 0 Å². The lowest BCUT2D eigenvalue weighted by Crippen LogP contribution is -2.41. The second-order valence-corrected chi connectivity index (χ2v) is 6.62. The van der Waals surface area contributed by atoms with Gasteiger partial charge in [0.25, 0.3) is 5.91 Å². The molecule has 7 heteroatoms. The SMILES string of the molecule is NC(=O)C1CCCC(NC(=O)c2ccn(C3CCCNC3)n2)C1. The number of carbonyl (C=O) groups excluding carboxylic acids is 2. The fourth-order valence-corrected chi connectivity index (χ4v) is 3.56. The minimum Gasteiger partial charge on any atom is -0.369 e. The van der Waals surface area contributed by atoms with Crippen LogP contribution in [0.2, 0.25) is 0 Å². The Morgan fingerprint density at radius 3 is 2.91 bits per heavy atom. The average molecular weight is 319 g/mol. The first-order valence-electron chi connectivity index (χ1n) is 8.49. The smallest absolute Gasteiger partial charge is 0.271 e. The summed E-state index contributed by atoms with van der Waals surface area (Å²) in [5.74, 6) is -0.555. The third kappa shape index (κ3) is 3.90. The molecule has 3 unspecified atom stereocenters. The molecular formula is C16H25N5O2. The lowest BCUT2D eigenvalue weighted by Gasteiger charge is -2.27. The van der Waals surface area contributed by atoms with E-state index < -0.39 is 0 Å². The van der Waals surface area contributed by atoms with Gasteiger partial charge in [0, 0.05) is 24.7 Å². The van der Waals surface area contributed by atoms with E-state index in [1.165, 1.54) is 0 Å². The number of nitrogens with one attached hydrogen (secondary N) is 2. The summed E-state index contributed by atoms with van der Waals surface area (Å²) in [7, 11) is 0. The van der Waals surface area contributed by atoms with Crippen LogP contribution in [-0.2, 0) is 4.79 Å². The van der Waals surface area contributed by atoms with Gasteiger partial charge in [0.05, 0.1) is 6.04 Å². The Labute approximate surface area is 136 Å². The second kappa shape index (κ2) is 7.12. The molecule has 7 nitrogen and oxygen atoms in total. The maximum Gasteiger partial charge on any atom is 0.271 e. The molecule has 2 fully saturated rings. The summed E-state index contributed by atoms with van der Waals surface area (Å²) in [6.45, 7) is 1.94. The number of hydrogen-bond acceptors (Lipinski definition) is 4. The molecule has 0 bridgehead atoms. The van der Waals surface area contributed by atoms with Crippen molar-refractivity contribution >= 4 is 11.8 Å². The fraction of sp³-hybridized carbons (Fsp3) is 0.688. The quantitative estimate of drug-likeness (QED) is 0.755. The van der Waals surface area contributed by atoms with E-state index >= 15 is 0 Å². The van der Waals surface area contributed by atoms with Gasteiger partial charge in [-0.25, -0.2) is 0 Å². The first kappa shape index (κ1) is 16.0. The van der Waals surface area contributed by atoms with Gasteiger partial charge in [-0.2, -0.15) is 5.10 Å². The summed E-state index contributed by atoms with van der Waals surface area (Å²) >= 11 is 0. The van der Waals surface area contributed by atoms with Gasteiger partial charge in [0.1, 0.15) is 5.69 Å². The summed E-state index contributed by atoms with van der Waals surface area (Å²) in [6, 6.07) is 2.09. The van der Waals surface area contributed by atoms with Gasteiger partial charge in [0.2, 0.25) is 5.91 Å². The Morgan fingerprint density at radius 2 is 2.17 bits per heavy atom. The molecule has 0 aromatic carbocycles. The monoisotopic (exact) mass is 319 g/mol. The topological polar surface area (TPSA) is 102 Å². The van der Waals surface area contributed by atoms with Gasteiger partial charge < -0.3 is 16.4 Å². The van der Waals surface area contributed by atoms with E-state index in [1.807, 2.05) is 10.9 Å². The summed E-state index contributed by atoms with van der Waals surface area (Å²) in [4.78, 5) is 23.7. The first-order chi connectivity index (χ1) is 11.1. The predicted molar refractivity (Wildman–Crippen MR) is 85.8 cm³/mol. The van der Waals surface area contributed by atoms with Crippen molar-refractivity contribution in [3.8, 4) is 0 Å². The largest absolute Gasteiger partial charge is 0.369 e. The third-order valence-electron chi connectivity index (χ3n) is 4.90. The molecular weight excluding hydrogens is 294 g/mol. The predicted octanol–water partition coefficient (Wildman–Crippen LogP) is 0.581. The van der Waals surface area contributed by atoms with Crippen LogP contribution in [-0.4, -0.2) is 40.7 Å². The molecule has 2 aliphatic rings. The van der Waals surface area contributed by atoms with Crippen LogP contribution in [0.4, 0.5) is 0 Å². The number of nitrogens with two attached hydrogens (primary N) is 1. The lowest BCUT2D eigenvalue weighted by molar-refractivity contribution is -0.122. The molecule has 1 aliphatic heterocycles. The molecule has 1 aromatic heterocycles. The van der Waals surface area contributed by atoms with E-state index in [9.17, 15) is 9.59 Å². The highest BCUT2D eigenvalue weighted by Crippen LogP contribution is 2.24. The maximum atomic E-state index is 12.4. The molecule has 126 valence electrons. The first-order valence-corrected chi connectivity index (χ1v) is 8.49. The Balaban J connectivity index is 1.58. The van der Waals surface area contributed by atoms with Crippen molar-refractivity contribution in [2.75, 3.05) is 13.1 Å². The molecule has 2 amide bonds. The van der Waals surface area contributed by atoms with E-state index in [1.54, 1.807) is 6.07 Å². The number of amides is 2. The maximum absolute atomic E-state index is 12.4. The molecule has 0 radical (unpaired) electrons. The van der Waals surface area contributed by atoms with Crippen LogP contribution in [0.5, 0.6) is 0 Å². The number of rotatable bonds is 4. The van der Waals surface area contributed by atoms with Crippen molar-refractivity contribution < 1.29 is 9.59 Å². The van der Waals surface area contributed by atoms with E-state index in [-0.39, 0.29) is 23.8 Å². The minimum atomic E-state index is -0.266. The zero-order chi connectivity index (χ0) is 16.2. The summed E-state index contributed by atoms with van der Waals surface area (Å²) in [5, 5.41) is 10.8. The molecule has 1 saturated carbocycles. The minimum absolute atomic E-state index is 0.00949. The zero-order valence-electron chi connectivity index (χ0n) is 13.3. The number of primary amides is 1. The van der Waals surface area contributed by atoms with Gasteiger partial charge in [-0.1, -0.05) is 6.42 Å². The number of carbonyl (C=O) groups is 2. The van der Waals surface area contributed by atoms with Gasteiger partial charge in [-0.15, -0.1) is 0 Å². The standard InChI is InChI=1S/C16H25N5O2/c17-15(22)11-3-1-4-12(9-11)19-16(23)14-6-8-21(20-14)13-5-2-7-18-10-13/h6,8,11-13,18H,1-5,7,9-10H2,(H2,17,22)(H,19,23). The molecule has 2 heterocycles.